The second kappa shape index (κ2) is 3.66. The van der Waals surface area contributed by atoms with Crippen LogP contribution in [0.4, 0.5) is 4.39 Å². The predicted molar refractivity (Wildman–Crippen MR) is 30.9 cm³/mol. The van der Waals surface area contributed by atoms with Crippen molar-refractivity contribution in [2.75, 3.05) is 0 Å². The summed E-state index contributed by atoms with van der Waals surface area (Å²) in [5.41, 5.74) is 0.839. The van der Waals surface area contributed by atoms with Gasteiger partial charge in [0.2, 0.25) is 0 Å². The number of hydrogen-bond acceptors (Lipinski definition) is 0. The van der Waals surface area contributed by atoms with Crippen molar-refractivity contribution in [2.24, 2.45) is 0 Å². The van der Waals surface area contributed by atoms with Crippen LogP contribution in [-0.4, -0.2) is 0 Å². The number of hydrogen-bond donors (Lipinski definition) is 0. The summed E-state index contributed by atoms with van der Waals surface area (Å²) in [5.74, 6) is -0.211. The average molecular weight is 295 g/mol. The fourth-order valence-corrected chi connectivity index (χ4v) is 0.484. The van der Waals surface area contributed by atoms with E-state index in [9.17, 15) is 4.39 Å². The van der Waals surface area contributed by atoms with Crippen molar-refractivity contribution in [2.45, 2.75) is 0 Å². The Morgan fingerprint density at radius 1 is 1.11 bits per heavy atom. The first kappa shape index (κ1) is 8.68. The molecule has 0 saturated heterocycles. The molecule has 0 aromatic heterocycles. The van der Waals surface area contributed by atoms with Gasteiger partial charge in [-0.2, -0.15) is 24.6 Å². The van der Waals surface area contributed by atoms with Crippen LogP contribution in [0.5, 0.6) is 0 Å². The van der Waals surface area contributed by atoms with Gasteiger partial charge in [-0.3, -0.25) is 0 Å². The summed E-state index contributed by atoms with van der Waals surface area (Å²) in [6.07, 6.45) is 0. The van der Waals surface area contributed by atoms with E-state index in [4.69, 9.17) is 0 Å². The number of halogens is 1. The third kappa shape index (κ3) is 2.65. The standard InChI is InChI=1S/C7H6F.Re/c1-6-2-4-7(8)5-3-6;/h2-5H,1H2;/q-1;. The van der Waals surface area contributed by atoms with Gasteiger partial charge in [0, 0.05) is 20.4 Å². The molecule has 1 radical (unpaired) electrons. The summed E-state index contributed by atoms with van der Waals surface area (Å²) in [5, 5.41) is 0. The van der Waals surface area contributed by atoms with Gasteiger partial charge in [0.05, 0.1) is 5.82 Å². The molecule has 9 heavy (non-hydrogen) atoms. The zero-order valence-electron chi connectivity index (χ0n) is 4.77. The van der Waals surface area contributed by atoms with Gasteiger partial charge in [0.15, 0.2) is 0 Å². The van der Waals surface area contributed by atoms with Crippen molar-refractivity contribution >= 4 is 0 Å². The molecule has 0 fully saturated rings. The van der Waals surface area contributed by atoms with Crippen LogP contribution < -0.4 is 0 Å². The van der Waals surface area contributed by atoms with E-state index >= 15 is 0 Å². The minimum absolute atomic E-state index is 0. The van der Waals surface area contributed by atoms with Crippen LogP contribution in [0.2, 0.25) is 0 Å². The molecule has 0 aliphatic rings. The number of benzene rings is 1. The Labute approximate surface area is 67.7 Å². The fourth-order valence-electron chi connectivity index (χ4n) is 0.484. The van der Waals surface area contributed by atoms with E-state index in [2.05, 4.69) is 6.92 Å². The summed E-state index contributed by atoms with van der Waals surface area (Å²) in [6.45, 7) is 3.60. The van der Waals surface area contributed by atoms with Crippen molar-refractivity contribution in [1.29, 1.82) is 0 Å². The molecule has 0 unspecified atom stereocenters. The van der Waals surface area contributed by atoms with Gasteiger partial charge in [0.25, 0.3) is 0 Å². The van der Waals surface area contributed by atoms with Crippen LogP contribution in [-0.2, 0) is 20.4 Å². The van der Waals surface area contributed by atoms with E-state index in [1.54, 1.807) is 12.1 Å². The maximum Gasteiger partial charge on any atom is 0.0987 e. The van der Waals surface area contributed by atoms with E-state index in [-0.39, 0.29) is 26.2 Å². The Balaban J connectivity index is 0.000000640. The SMILES string of the molecule is [CH2-]c1ccc(F)cc1.[Re]. The quantitative estimate of drug-likeness (QED) is 0.642. The van der Waals surface area contributed by atoms with E-state index in [1.165, 1.54) is 12.1 Å². The van der Waals surface area contributed by atoms with E-state index in [0.717, 1.165) is 5.56 Å². The molecule has 0 saturated carbocycles. The van der Waals surface area contributed by atoms with Gasteiger partial charge < -0.3 is 0 Å². The number of rotatable bonds is 0. The third-order valence-electron chi connectivity index (χ3n) is 0.913. The molecule has 1 aromatic carbocycles. The molecule has 0 aliphatic carbocycles. The van der Waals surface area contributed by atoms with Crippen molar-refractivity contribution in [3.05, 3.63) is 42.6 Å². The van der Waals surface area contributed by atoms with E-state index < -0.39 is 0 Å². The van der Waals surface area contributed by atoms with Crippen LogP contribution >= 0.6 is 0 Å². The van der Waals surface area contributed by atoms with Crippen molar-refractivity contribution in [1.82, 2.24) is 0 Å². The molecule has 2 heteroatoms. The molecule has 0 atom stereocenters. The summed E-state index contributed by atoms with van der Waals surface area (Å²) in [6, 6.07) is 6.05. The largest absolute Gasteiger partial charge is 0.209 e. The molecule has 0 amide bonds. The average Bonchev–Trinajstić information content (AvgIpc) is 1.77. The first-order chi connectivity index (χ1) is 3.79. The molecule has 0 spiro atoms. The van der Waals surface area contributed by atoms with Gasteiger partial charge in [-0.05, 0) is 0 Å². The summed E-state index contributed by atoms with van der Waals surface area (Å²) in [7, 11) is 0. The Bertz CT molecular complexity index is 148. The Kier molecular flexibility index (Phi) is 3.53. The van der Waals surface area contributed by atoms with E-state index in [0.29, 0.717) is 0 Å². The molecule has 0 aliphatic heterocycles. The summed E-state index contributed by atoms with van der Waals surface area (Å²) < 4.78 is 12.1. The molecule has 1 rings (SSSR count). The molecule has 0 heterocycles. The van der Waals surface area contributed by atoms with Gasteiger partial charge in [-0.15, -0.1) is 0 Å². The molecule has 1 aromatic rings. The summed E-state index contributed by atoms with van der Waals surface area (Å²) in [4.78, 5) is 0. The van der Waals surface area contributed by atoms with Gasteiger partial charge in [-0.1, -0.05) is 12.1 Å². The monoisotopic (exact) mass is 296 g/mol. The van der Waals surface area contributed by atoms with Crippen LogP contribution in [0, 0.1) is 12.7 Å². The molecule has 0 N–H and O–H groups in total. The third-order valence-corrected chi connectivity index (χ3v) is 0.913. The molecule has 0 bridgehead atoms. The first-order valence-corrected chi connectivity index (χ1v) is 2.36. The van der Waals surface area contributed by atoms with Gasteiger partial charge in [0.1, 0.15) is 0 Å². The topological polar surface area (TPSA) is 0 Å². The fraction of sp³-hybridized carbons (Fsp3) is 0. The van der Waals surface area contributed by atoms with Crippen LogP contribution in [0.15, 0.2) is 24.3 Å². The van der Waals surface area contributed by atoms with Crippen molar-refractivity contribution < 1.29 is 24.8 Å². The maximum atomic E-state index is 12.1. The van der Waals surface area contributed by atoms with Crippen LogP contribution in [0.25, 0.3) is 0 Å². The zero-order valence-corrected chi connectivity index (χ0v) is 7.49. The Hall–Kier alpha value is -0.318. The van der Waals surface area contributed by atoms with Crippen molar-refractivity contribution in [3.8, 4) is 0 Å². The predicted octanol–water partition coefficient (Wildman–Crippen LogP) is 2.01. The molecular weight excluding hydrogens is 289 g/mol. The zero-order chi connectivity index (χ0) is 5.98. The molecule has 49 valence electrons. The van der Waals surface area contributed by atoms with Gasteiger partial charge >= 0.3 is 0 Å². The summed E-state index contributed by atoms with van der Waals surface area (Å²) >= 11 is 0. The smallest absolute Gasteiger partial charge is 0.0987 e. The molecular formula is C7H6FRe-. The van der Waals surface area contributed by atoms with Crippen LogP contribution in [0.1, 0.15) is 5.56 Å². The molecule has 0 nitrogen and oxygen atoms in total. The Morgan fingerprint density at radius 2 is 1.56 bits per heavy atom. The minimum atomic E-state index is -0.211. The van der Waals surface area contributed by atoms with E-state index in [1.807, 2.05) is 0 Å². The normalized spacial score (nSPS) is 8.11. The van der Waals surface area contributed by atoms with Gasteiger partial charge in [-0.25, -0.2) is 4.39 Å². The second-order valence-corrected chi connectivity index (χ2v) is 1.63. The second-order valence-electron chi connectivity index (χ2n) is 1.63. The Morgan fingerprint density at radius 3 is 1.89 bits per heavy atom. The van der Waals surface area contributed by atoms with Crippen LogP contribution in [0.3, 0.4) is 0 Å². The van der Waals surface area contributed by atoms with Crippen molar-refractivity contribution in [3.63, 3.8) is 0 Å². The first-order valence-electron chi connectivity index (χ1n) is 2.36. The minimum Gasteiger partial charge on any atom is -0.209 e. The maximum absolute atomic E-state index is 12.1.